The molecule has 0 heterocycles. The summed E-state index contributed by atoms with van der Waals surface area (Å²) in [6, 6.07) is 0. The SMILES string of the molecule is C.CN=C(C)N(C)C(C)=O.P. The third-order valence-corrected chi connectivity index (χ3v) is 1.28. The standard InChI is InChI=1S/C6H12N2O.CH4.H3P/c1-5(7-3)8(4)6(2)9;;/h1-4H3;1H4;1H3. The van der Waals surface area contributed by atoms with E-state index in [2.05, 4.69) is 4.99 Å². The average Bonchev–Trinajstić information content (AvgIpc) is 1.84. The molecule has 0 saturated heterocycles. The zero-order chi connectivity index (χ0) is 7.44. The Balaban J connectivity index is -0.000000320. The van der Waals surface area contributed by atoms with Gasteiger partial charge in [0.2, 0.25) is 5.91 Å². The Hall–Kier alpha value is -0.430. The van der Waals surface area contributed by atoms with E-state index in [9.17, 15) is 4.79 Å². The Morgan fingerprint density at radius 3 is 1.82 bits per heavy atom. The minimum absolute atomic E-state index is 0. The number of amidine groups is 1. The van der Waals surface area contributed by atoms with Crippen LogP contribution in [0.4, 0.5) is 0 Å². The lowest BCUT2D eigenvalue weighted by molar-refractivity contribution is -0.124. The first-order valence-corrected chi connectivity index (χ1v) is 2.77. The van der Waals surface area contributed by atoms with E-state index in [4.69, 9.17) is 0 Å². The second kappa shape index (κ2) is 7.67. The largest absolute Gasteiger partial charge is 0.304 e. The molecular weight excluding hydrogens is 159 g/mol. The molecule has 0 saturated carbocycles. The van der Waals surface area contributed by atoms with Crippen molar-refractivity contribution in [3.05, 3.63) is 0 Å². The molecule has 0 aromatic carbocycles. The van der Waals surface area contributed by atoms with Crippen LogP contribution in [0.5, 0.6) is 0 Å². The van der Waals surface area contributed by atoms with Gasteiger partial charge in [-0.05, 0) is 6.92 Å². The van der Waals surface area contributed by atoms with Crippen LogP contribution in [0.1, 0.15) is 21.3 Å². The Morgan fingerprint density at radius 1 is 1.36 bits per heavy atom. The second-order valence-electron chi connectivity index (χ2n) is 1.85. The summed E-state index contributed by atoms with van der Waals surface area (Å²) in [6.45, 7) is 3.30. The third kappa shape index (κ3) is 5.99. The fourth-order valence-electron chi connectivity index (χ4n) is 0.378. The molecule has 0 aromatic heterocycles. The van der Waals surface area contributed by atoms with Crippen molar-refractivity contribution < 1.29 is 4.79 Å². The van der Waals surface area contributed by atoms with Crippen LogP contribution in [-0.2, 0) is 4.79 Å². The number of carbonyl (C=O) groups is 1. The number of hydrogen-bond donors (Lipinski definition) is 0. The first-order valence-electron chi connectivity index (χ1n) is 2.77. The lowest BCUT2D eigenvalue weighted by atomic mass is 10.5. The van der Waals surface area contributed by atoms with E-state index in [0.29, 0.717) is 0 Å². The highest BCUT2D eigenvalue weighted by Crippen LogP contribution is 1.85. The van der Waals surface area contributed by atoms with Crippen molar-refractivity contribution in [3.63, 3.8) is 0 Å². The quantitative estimate of drug-likeness (QED) is 0.312. The van der Waals surface area contributed by atoms with E-state index in [0.717, 1.165) is 5.84 Å². The zero-order valence-electron chi connectivity index (χ0n) is 7.01. The lowest BCUT2D eigenvalue weighted by Gasteiger charge is -2.12. The topological polar surface area (TPSA) is 32.7 Å². The molecule has 4 heteroatoms. The van der Waals surface area contributed by atoms with Gasteiger partial charge < -0.3 is 4.90 Å². The number of amides is 1. The highest BCUT2D eigenvalue weighted by atomic mass is 31.0. The number of aliphatic imine (C=N–C) groups is 1. The molecule has 1 amide bonds. The molecule has 0 aliphatic rings. The highest BCUT2D eigenvalue weighted by Gasteiger charge is 2.02. The smallest absolute Gasteiger partial charge is 0.224 e. The fraction of sp³-hybridized carbons (Fsp3) is 0.714. The molecule has 0 bridgehead atoms. The second-order valence-corrected chi connectivity index (χ2v) is 1.85. The van der Waals surface area contributed by atoms with Gasteiger partial charge in [0.1, 0.15) is 5.84 Å². The maximum Gasteiger partial charge on any atom is 0.224 e. The number of carbonyl (C=O) groups excluding carboxylic acids is 1. The Labute approximate surface area is 72.5 Å². The summed E-state index contributed by atoms with van der Waals surface area (Å²) < 4.78 is 0. The summed E-state index contributed by atoms with van der Waals surface area (Å²) in [5.74, 6) is 0.751. The normalized spacial score (nSPS) is 9.27. The van der Waals surface area contributed by atoms with Crippen molar-refractivity contribution in [2.24, 2.45) is 4.99 Å². The van der Waals surface area contributed by atoms with Crippen molar-refractivity contribution in [3.8, 4) is 0 Å². The van der Waals surface area contributed by atoms with E-state index in [-0.39, 0.29) is 23.2 Å². The Morgan fingerprint density at radius 2 is 1.73 bits per heavy atom. The number of hydrogen-bond acceptors (Lipinski definition) is 2. The van der Waals surface area contributed by atoms with Crippen LogP contribution in [-0.4, -0.2) is 30.7 Å². The van der Waals surface area contributed by atoms with Gasteiger partial charge in [0.15, 0.2) is 0 Å². The van der Waals surface area contributed by atoms with Gasteiger partial charge in [-0.1, -0.05) is 7.43 Å². The summed E-state index contributed by atoms with van der Waals surface area (Å²) in [6.07, 6.45) is 0. The van der Waals surface area contributed by atoms with E-state index in [1.165, 1.54) is 11.8 Å². The average molecular weight is 178 g/mol. The Bertz CT molecular complexity index is 145. The molecule has 68 valence electrons. The molecule has 0 radical (unpaired) electrons. The molecule has 0 fully saturated rings. The minimum atomic E-state index is 0. The maximum atomic E-state index is 10.6. The zero-order valence-corrected chi connectivity index (χ0v) is 8.42. The van der Waals surface area contributed by atoms with Crippen LogP contribution in [0.15, 0.2) is 4.99 Å². The highest BCUT2D eigenvalue weighted by molar-refractivity contribution is 6.92. The summed E-state index contributed by atoms with van der Waals surface area (Å²) >= 11 is 0. The molecule has 1 unspecified atom stereocenters. The molecule has 0 rings (SSSR count). The fourth-order valence-corrected chi connectivity index (χ4v) is 0.378. The van der Waals surface area contributed by atoms with Gasteiger partial charge >= 0.3 is 0 Å². The number of nitrogens with zero attached hydrogens (tertiary/aromatic N) is 2. The molecule has 0 aliphatic carbocycles. The first-order chi connectivity index (χ1) is 4.09. The summed E-state index contributed by atoms with van der Waals surface area (Å²) in [4.78, 5) is 15.9. The van der Waals surface area contributed by atoms with Crippen molar-refractivity contribution in [2.45, 2.75) is 21.3 Å². The maximum absolute atomic E-state index is 10.6. The van der Waals surface area contributed by atoms with Gasteiger partial charge in [0, 0.05) is 21.0 Å². The van der Waals surface area contributed by atoms with Gasteiger partial charge in [-0.2, -0.15) is 9.90 Å². The molecule has 3 nitrogen and oxygen atoms in total. The van der Waals surface area contributed by atoms with Crippen molar-refractivity contribution >= 4 is 21.6 Å². The summed E-state index contributed by atoms with van der Waals surface area (Å²) in [7, 11) is 3.36. The summed E-state index contributed by atoms with van der Waals surface area (Å²) in [5.41, 5.74) is 0. The van der Waals surface area contributed by atoms with E-state index < -0.39 is 0 Å². The van der Waals surface area contributed by atoms with Crippen molar-refractivity contribution in [1.82, 2.24) is 4.90 Å². The molecule has 0 aliphatic heterocycles. The molecular formula is C7H19N2OP. The predicted molar refractivity (Wildman–Crippen MR) is 55.3 cm³/mol. The van der Waals surface area contributed by atoms with Gasteiger partial charge in [-0.25, -0.2) is 0 Å². The third-order valence-electron chi connectivity index (χ3n) is 1.28. The van der Waals surface area contributed by atoms with E-state index >= 15 is 0 Å². The van der Waals surface area contributed by atoms with Crippen LogP contribution in [0.2, 0.25) is 0 Å². The Kier molecular flexibility index (Phi) is 11.8. The van der Waals surface area contributed by atoms with Crippen LogP contribution in [0.25, 0.3) is 0 Å². The minimum Gasteiger partial charge on any atom is -0.304 e. The van der Waals surface area contributed by atoms with Gasteiger partial charge in [-0.3, -0.25) is 9.79 Å². The molecule has 0 N–H and O–H groups in total. The van der Waals surface area contributed by atoms with E-state index in [1.807, 2.05) is 0 Å². The predicted octanol–water partition coefficient (Wildman–Crippen LogP) is 1.21. The molecule has 0 spiro atoms. The van der Waals surface area contributed by atoms with Crippen LogP contribution >= 0.6 is 9.90 Å². The molecule has 0 aromatic rings. The van der Waals surface area contributed by atoms with Crippen molar-refractivity contribution in [2.75, 3.05) is 14.1 Å². The van der Waals surface area contributed by atoms with Crippen LogP contribution in [0, 0.1) is 0 Å². The van der Waals surface area contributed by atoms with Crippen LogP contribution in [0.3, 0.4) is 0 Å². The van der Waals surface area contributed by atoms with Gasteiger partial charge in [-0.15, -0.1) is 0 Å². The first kappa shape index (κ1) is 16.9. The monoisotopic (exact) mass is 178 g/mol. The van der Waals surface area contributed by atoms with Crippen molar-refractivity contribution in [1.29, 1.82) is 0 Å². The number of rotatable bonds is 0. The molecule has 11 heavy (non-hydrogen) atoms. The molecule has 1 atom stereocenters. The summed E-state index contributed by atoms with van der Waals surface area (Å²) in [5, 5.41) is 0. The van der Waals surface area contributed by atoms with Gasteiger partial charge in [0.05, 0.1) is 0 Å². The lowest BCUT2D eigenvalue weighted by Crippen LogP contribution is -2.28. The van der Waals surface area contributed by atoms with Gasteiger partial charge in [0.25, 0.3) is 0 Å². The van der Waals surface area contributed by atoms with E-state index in [1.54, 1.807) is 21.0 Å². The van der Waals surface area contributed by atoms with Crippen LogP contribution < -0.4 is 0 Å².